The molecule has 17 heavy (non-hydrogen) atoms. The summed E-state index contributed by atoms with van der Waals surface area (Å²) in [5, 5.41) is 0. The zero-order valence-electron chi connectivity index (χ0n) is 9.71. The highest BCUT2D eigenvalue weighted by molar-refractivity contribution is 6.07. The number of aryl methyl sites for hydroxylation is 1. The van der Waals surface area contributed by atoms with Crippen molar-refractivity contribution in [3.63, 3.8) is 0 Å². The Hall–Kier alpha value is -2.11. The number of aromatic nitrogens is 1. The van der Waals surface area contributed by atoms with E-state index in [4.69, 9.17) is 0 Å². The first kappa shape index (κ1) is 11.4. The van der Waals surface area contributed by atoms with Gasteiger partial charge in [0.15, 0.2) is 5.78 Å². The predicted octanol–water partition coefficient (Wildman–Crippen LogP) is 0.102. The molecule has 90 valence electrons. The Bertz CT molecular complexity index is 492. The van der Waals surface area contributed by atoms with Gasteiger partial charge in [-0.3, -0.25) is 14.5 Å². The zero-order valence-corrected chi connectivity index (χ0v) is 9.71. The molecule has 3 amide bonds. The van der Waals surface area contributed by atoms with E-state index in [-0.39, 0.29) is 24.8 Å². The molecule has 1 saturated heterocycles. The van der Waals surface area contributed by atoms with Crippen molar-refractivity contribution in [2.24, 2.45) is 7.05 Å². The van der Waals surface area contributed by atoms with E-state index in [1.54, 1.807) is 30.1 Å². The average Bonchev–Trinajstić information content (AvgIpc) is 2.79. The normalized spacial score (nSPS) is 15.9. The van der Waals surface area contributed by atoms with Gasteiger partial charge in [0.1, 0.15) is 6.54 Å². The number of nitrogens with zero attached hydrogens (tertiary/aromatic N) is 3. The smallest absolute Gasteiger partial charge is 0.327 e. The van der Waals surface area contributed by atoms with Crippen LogP contribution in [0.2, 0.25) is 0 Å². The minimum absolute atomic E-state index is 0.0426. The van der Waals surface area contributed by atoms with Crippen molar-refractivity contribution in [3.05, 3.63) is 24.0 Å². The van der Waals surface area contributed by atoms with Crippen LogP contribution in [0.1, 0.15) is 10.4 Å². The second kappa shape index (κ2) is 4.04. The van der Waals surface area contributed by atoms with E-state index in [0.29, 0.717) is 5.56 Å². The number of Topliss-reactive ketones (excluding diaryl/α,β-unsaturated/α-hetero) is 1. The van der Waals surface area contributed by atoms with Crippen molar-refractivity contribution in [2.45, 2.75) is 0 Å². The van der Waals surface area contributed by atoms with E-state index in [2.05, 4.69) is 0 Å². The lowest BCUT2D eigenvalue weighted by molar-refractivity contribution is -0.125. The second-order valence-electron chi connectivity index (χ2n) is 4.11. The maximum Gasteiger partial charge on any atom is 0.327 e. The molecular formula is C11H13N3O3. The maximum absolute atomic E-state index is 11.8. The molecule has 0 aromatic carbocycles. The summed E-state index contributed by atoms with van der Waals surface area (Å²) in [7, 11) is 3.34. The lowest BCUT2D eigenvalue weighted by Crippen LogP contribution is -2.36. The van der Waals surface area contributed by atoms with Crippen LogP contribution in [0.5, 0.6) is 0 Å². The molecule has 2 rings (SSSR count). The highest BCUT2D eigenvalue weighted by Crippen LogP contribution is 2.10. The lowest BCUT2D eigenvalue weighted by atomic mass is 10.2. The number of hydrogen-bond acceptors (Lipinski definition) is 3. The van der Waals surface area contributed by atoms with Gasteiger partial charge in [0.25, 0.3) is 5.91 Å². The van der Waals surface area contributed by atoms with Crippen LogP contribution in [0.4, 0.5) is 4.79 Å². The van der Waals surface area contributed by atoms with Crippen LogP contribution in [0.15, 0.2) is 18.5 Å². The molecule has 1 aromatic rings. The van der Waals surface area contributed by atoms with Crippen molar-refractivity contribution in [1.82, 2.24) is 14.4 Å². The van der Waals surface area contributed by atoms with Crippen LogP contribution in [0.3, 0.4) is 0 Å². The first-order chi connectivity index (χ1) is 7.99. The first-order valence-corrected chi connectivity index (χ1v) is 5.19. The van der Waals surface area contributed by atoms with E-state index in [1.807, 2.05) is 0 Å². The van der Waals surface area contributed by atoms with E-state index < -0.39 is 6.03 Å². The predicted molar refractivity (Wildman–Crippen MR) is 59.5 cm³/mol. The molecular weight excluding hydrogens is 222 g/mol. The van der Waals surface area contributed by atoms with Crippen LogP contribution >= 0.6 is 0 Å². The second-order valence-corrected chi connectivity index (χ2v) is 4.11. The molecule has 0 aliphatic carbocycles. The summed E-state index contributed by atoms with van der Waals surface area (Å²) in [4.78, 5) is 37.1. The largest absolute Gasteiger partial charge is 0.357 e. The Morgan fingerprint density at radius 3 is 2.53 bits per heavy atom. The third-order valence-electron chi connectivity index (χ3n) is 2.69. The number of rotatable bonds is 3. The summed E-state index contributed by atoms with van der Waals surface area (Å²) < 4.78 is 1.74. The molecule has 0 radical (unpaired) electrons. The van der Waals surface area contributed by atoms with Crippen LogP contribution in [0.25, 0.3) is 0 Å². The van der Waals surface area contributed by atoms with Gasteiger partial charge in [0.05, 0.1) is 6.54 Å². The van der Waals surface area contributed by atoms with Gasteiger partial charge >= 0.3 is 6.03 Å². The Balaban J connectivity index is 2.09. The number of hydrogen-bond donors (Lipinski definition) is 0. The number of likely N-dealkylation sites (N-methyl/N-ethyl adjacent to an activating group) is 1. The third kappa shape index (κ3) is 2.06. The van der Waals surface area contributed by atoms with Crippen molar-refractivity contribution in [2.75, 3.05) is 20.1 Å². The van der Waals surface area contributed by atoms with Crippen LogP contribution in [-0.2, 0) is 11.8 Å². The average molecular weight is 235 g/mol. The fraction of sp³-hybridized carbons (Fsp3) is 0.364. The Morgan fingerprint density at radius 2 is 2.06 bits per heavy atom. The van der Waals surface area contributed by atoms with Crippen molar-refractivity contribution < 1.29 is 14.4 Å². The lowest BCUT2D eigenvalue weighted by Gasteiger charge is -2.12. The molecule has 0 spiro atoms. The minimum Gasteiger partial charge on any atom is -0.357 e. The highest BCUT2D eigenvalue weighted by atomic mass is 16.2. The summed E-state index contributed by atoms with van der Waals surface area (Å²) in [6.45, 7) is -0.146. The molecule has 1 fully saturated rings. The van der Waals surface area contributed by atoms with Crippen molar-refractivity contribution in [3.8, 4) is 0 Å². The van der Waals surface area contributed by atoms with Gasteiger partial charge in [-0.1, -0.05) is 0 Å². The highest BCUT2D eigenvalue weighted by Gasteiger charge is 2.34. The summed E-state index contributed by atoms with van der Waals surface area (Å²) in [6.07, 6.45) is 3.41. The van der Waals surface area contributed by atoms with Gasteiger partial charge in [0, 0.05) is 32.1 Å². The Labute approximate surface area is 98.4 Å². The maximum atomic E-state index is 11.8. The number of imide groups is 1. The van der Waals surface area contributed by atoms with Gasteiger partial charge in [-0.05, 0) is 6.07 Å². The zero-order chi connectivity index (χ0) is 12.6. The summed E-state index contributed by atoms with van der Waals surface area (Å²) in [5.41, 5.74) is 0.502. The first-order valence-electron chi connectivity index (χ1n) is 5.19. The van der Waals surface area contributed by atoms with Crippen LogP contribution in [0, 0.1) is 0 Å². The Morgan fingerprint density at radius 1 is 1.35 bits per heavy atom. The Kier molecular flexibility index (Phi) is 2.71. The van der Waals surface area contributed by atoms with E-state index in [1.165, 1.54) is 11.9 Å². The molecule has 0 bridgehead atoms. The number of ketones is 1. The molecule has 6 heteroatoms. The SMILES string of the molecule is CN1CC(=O)N(CC(=O)c2ccn(C)c2)C1=O. The minimum atomic E-state index is -0.417. The number of urea groups is 1. The molecule has 1 aliphatic rings. The summed E-state index contributed by atoms with van der Waals surface area (Å²) in [6, 6.07) is 1.25. The molecule has 2 heterocycles. The molecule has 0 N–H and O–H groups in total. The summed E-state index contributed by atoms with van der Waals surface area (Å²) >= 11 is 0. The van der Waals surface area contributed by atoms with Gasteiger partial charge < -0.3 is 9.47 Å². The summed E-state index contributed by atoms with van der Waals surface area (Å²) in [5.74, 6) is -0.565. The van der Waals surface area contributed by atoms with Gasteiger partial charge in [-0.2, -0.15) is 0 Å². The standard InChI is InChI=1S/C11H13N3O3/c1-12-4-3-8(5-12)9(15)6-14-10(16)7-13(2)11(14)17/h3-5H,6-7H2,1-2H3. The van der Waals surface area contributed by atoms with Crippen molar-refractivity contribution in [1.29, 1.82) is 0 Å². The van der Waals surface area contributed by atoms with E-state index in [9.17, 15) is 14.4 Å². The third-order valence-corrected chi connectivity index (χ3v) is 2.69. The molecule has 1 aromatic heterocycles. The van der Waals surface area contributed by atoms with Crippen LogP contribution in [-0.4, -0.2) is 52.2 Å². The topological polar surface area (TPSA) is 62.6 Å². The molecule has 1 aliphatic heterocycles. The van der Waals surface area contributed by atoms with E-state index in [0.717, 1.165) is 4.90 Å². The van der Waals surface area contributed by atoms with E-state index >= 15 is 0 Å². The molecule has 6 nitrogen and oxygen atoms in total. The molecule has 0 atom stereocenters. The monoisotopic (exact) mass is 235 g/mol. The van der Waals surface area contributed by atoms with Gasteiger partial charge in [-0.15, -0.1) is 0 Å². The number of carbonyl (C=O) groups excluding carboxylic acids is 3. The quantitative estimate of drug-likeness (QED) is 0.551. The fourth-order valence-corrected chi connectivity index (χ4v) is 1.73. The number of amides is 3. The van der Waals surface area contributed by atoms with Crippen LogP contribution < -0.4 is 0 Å². The fourth-order valence-electron chi connectivity index (χ4n) is 1.73. The van der Waals surface area contributed by atoms with Crippen molar-refractivity contribution >= 4 is 17.7 Å². The number of carbonyl (C=O) groups is 3. The molecule has 0 unspecified atom stereocenters. The van der Waals surface area contributed by atoms with Gasteiger partial charge in [0.2, 0.25) is 0 Å². The van der Waals surface area contributed by atoms with Gasteiger partial charge in [-0.25, -0.2) is 4.79 Å². The molecule has 0 saturated carbocycles.